The van der Waals surface area contributed by atoms with Crippen LogP contribution in [0.3, 0.4) is 0 Å². The third kappa shape index (κ3) is 3.38. The van der Waals surface area contributed by atoms with Crippen molar-refractivity contribution < 1.29 is 14.8 Å². The molecular formula is C10H12ClN3O4. The number of aliphatic hydroxyl groups is 1. The third-order valence-electron chi connectivity index (χ3n) is 2.33. The van der Waals surface area contributed by atoms with E-state index in [1.54, 1.807) is 6.92 Å². The summed E-state index contributed by atoms with van der Waals surface area (Å²) in [5, 5.41) is 21.9. The van der Waals surface area contributed by atoms with Crippen molar-refractivity contribution in [2.75, 3.05) is 6.61 Å². The van der Waals surface area contributed by atoms with Crippen LogP contribution in [0.25, 0.3) is 0 Å². The Labute approximate surface area is 108 Å². The highest BCUT2D eigenvalue weighted by Gasteiger charge is 2.18. The van der Waals surface area contributed by atoms with Crippen molar-refractivity contribution in [2.24, 2.45) is 0 Å². The molecule has 2 N–H and O–H groups in total. The van der Waals surface area contributed by atoms with E-state index in [-0.39, 0.29) is 23.0 Å². The fourth-order valence-corrected chi connectivity index (χ4v) is 1.43. The maximum absolute atomic E-state index is 11.8. The van der Waals surface area contributed by atoms with Gasteiger partial charge in [0.15, 0.2) is 0 Å². The Morgan fingerprint density at radius 2 is 2.39 bits per heavy atom. The van der Waals surface area contributed by atoms with Crippen molar-refractivity contribution in [1.82, 2.24) is 10.3 Å². The number of rotatable bonds is 5. The first kappa shape index (κ1) is 14.3. The number of nitrogens with zero attached hydrogens (tertiary/aromatic N) is 2. The Bertz CT molecular complexity index is 462. The Kier molecular flexibility index (Phi) is 4.99. The van der Waals surface area contributed by atoms with Crippen LogP contribution in [0.2, 0.25) is 5.15 Å². The molecule has 0 aliphatic carbocycles. The monoisotopic (exact) mass is 273 g/mol. The lowest BCUT2D eigenvalue weighted by Gasteiger charge is -2.14. The number of pyridine rings is 1. The summed E-state index contributed by atoms with van der Waals surface area (Å²) in [6, 6.07) is 0.627. The molecule has 1 rings (SSSR count). The molecule has 0 aliphatic rings. The number of aromatic nitrogens is 1. The highest BCUT2D eigenvalue weighted by molar-refractivity contribution is 6.32. The van der Waals surface area contributed by atoms with Gasteiger partial charge in [0.05, 0.1) is 23.1 Å². The van der Waals surface area contributed by atoms with Gasteiger partial charge in [0.1, 0.15) is 11.3 Å². The van der Waals surface area contributed by atoms with E-state index in [1.165, 1.54) is 0 Å². The molecule has 0 saturated carbocycles. The first-order valence-corrected chi connectivity index (χ1v) is 5.59. The van der Waals surface area contributed by atoms with Crippen LogP contribution in [0, 0.1) is 10.1 Å². The number of amides is 1. The van der Waals surface area contributed by atoms with Gasteiger partial charge in [-0.2, -0.15) is 0 Å². The lowest BCUT2D eigenvalue weighted by molar-refractivity contribution is -0.385. The zero-order valence-electron chi connectivity index (χ0n) is 9.59. The van der Waals surface area contributed by atoms with E-state index in [4.69, 9.17) is 16.7 Å². The number of hydrogen-bond acceptors (Lipinski definition) is 5. The molecule has 7 nitrogen and oxygen atoms in total. The van der Waals surface area contributed by atoms with Crippen molar-refractivity contribution in [3.05, 3.63) is 33.1 Å². The zero-order chi connectivity index (χ0) is 13.7. The molecule has 0 spiro atoms. The lowest BCUT2D eigenvalue weighted by atomic mass is 10.2. The van der Waals surface area contributed by atoms with Gasteiger partial charge in [-0.05, 0) is 6.42 Å². The second-order valence-electron chi connectivity index (χ2n) is 3.55. The first-order chi connectivity index (χ1) is 8.49. The molecule has 0 fully saturated rings. The number of nitrogens with one attached hydrogen (secondary N) is 1. The summed E-state index contributed by atoms with van der Waals surface area (Å²) in [6.07, 6.45) is 1.50. The summed E-state index contributed by atoms with van der Waals surface area (Å²) in [5.41, 5.74) is -0.403. The van der Waals surface area contributed by atoms with Crippen molar-refractivity contribution >= 4 is 23.2 Å². The molecular weight excluding hydrogens is 262 g/mol. The second kappa shape index (κ2) is 6.27. The summed E-state index contributed by atoms with van der Waals surface area (Å²) in [4.78, 5) is 25.3. The quantitative estimate of drug-likeness (QED) is 0.475. The minimum absolute atomic E-state index is 0.0854. The average molecular weight is 274 g/mol. The predicted octanol–water partition coefficient (Wildman–Crippen LogP) is 1.14. The maximum atomic E-state index is 11.8. The van der Waals surface area contributed by atoms with Crippen molar-refractivity contribution in [3.8, 4) is 0 Å². The van der Waals surface area contributed by atoms with Gasteiger partial charge >= 0.3 is 0 Å². The standard InChI is InChI=1S/C10H12ClN3O4/c1-2-6(5-15)13-10(16)8-3-7(14(17)18)4-12-9(8)11/h3-4,6,15H,2,5H2,1H3,(H,13,16). The molecule has 0 aliphatic heterocycles. The summed E-state index contributed by atoms with van der Waals surface area (Å²) in [5.74, 6) is -0.600. The van der Waals surface area contributed by atoms with E-state index in [2.05, 4.69) is 10.3 Å². The van der Waals surface area contributed by atoms with Crippen LogP contribution in [0.5, 0.6) is 0 Å². The molecule has 1 atom stereocenters. The van der Waals surface area contributed by atoms with E-state index in [1.807, 2.05) is 0 Å². The maximum Gasteiger partial charge on any atom is 0.288 e. The van der Waals surface area contributed by atoms with Gasteiger partial charge in [-0.25, -0.2) is 4.98 Å². The molecule has 0 saturated heterocycles. The molecule has 8 heteroatoms. The molecule has 98 valence electrons. The van der Waals surface area contributed by atoms with Crippen molar-refractivity contribution in [2.45, 2.75) is 19.4 Å². The largest absolute Gasteiger partial charge is 0.394 e. The molecule has 1 amide bonds. The van der Waals surface area contributed by atoms with Crippen LogP contribution in [0.1, 0.15) is 23.7 Å². The molecule has 1 heterocycles. The van der Waals surface area contributed by atoms with Crippen molar-refractivity contribution in [1.29, 1.82) is 0 Å². The number of carbonyl (C=O) groups excluding carboxylic acids is 1. The second-order valence-corrected chi connectivity index (χ2v) is 3.91. The smallest absolute Gasteiger partial charge is 0.288 e. The van der Waals surface area contributed by atoms with Gasteiger partial charge < -0.3 is 10.4 Å². The van der Waals surface area contributed by atoms with Gasteiger partial charge in [0.25, 0.3) is 11.6 Å². The molecule has 0 radical (unpaired) electrons. The predicted molar refractivity (Wildman–Crippen MR) is 64.5 cm³/mol. The zero-order valence-corrected chi connectivity index (χ0v) is 10.3. The van der Waals surface area contributed by atoms with Gasteiger partial charge in [0.2, 0.25) is 0 Å². The SMILES string of the molecule is CCC(CO)NC(=O)c1cc([N+](=O)[O-])cnc1Cl. The Morgan fingerprint density at radius 1 is 1.72 bits per heavy atom. The van der Waals surface area contributed by atoms with E-state index >= 15 is 0 Å². The number of hydrogen-bond donors (Lipinski definition) is 2. The van der Waals surface area contributed by atoms with Crippen LogP contribution in [-0.2, 0) is 0 Å². The van der Waals surface area contributed by atoms with Crippen LogP contribution in [0.15, 0.2) is 12.3 Å². The number of aliphatic hydroxyl groups excluding tert-OH is 1. The minimum atomic E-state index is -0.663. The van der Waals surface area contributed by atoms with Crippen LogP contribution >= 0.6 is 11.6 Å². The minimum Gasteiger partial charge on any atom is -0.394 e. The van der Waals surface area contributed by atoms with Gasteiger partial charge in [-0.3, -0.25) is 14.9 Å². The fraction of sp³-hybridized carbons (Fsp3) is 0.400. The first-order valence-electron chi connectivity index (χ1n) is 5.21. The molecule has 1 aromatic heterocycles. The highest BCUT2D eigenvalue weighted by atomic mass is 35.5. The topological polar surface area (TPSA) is 105 Å². The Hall–Kier alpha value is -1.73. The fourth-order valence-electron chi connectivity index (χ4n) is 1.24. The van der Waals surface area contributed by atoms with E-state index in [0.29, 0.717) is 6.42 Å². The summed E-state index contributed by atoms with van der Waals surface area (Å²) in [7, 11) is 0. The highest BCUT2D eigenvalue weighted by Crippen LogP contribution is 2.19. The lowest BCUT2D eigenvalue weighted by Crippen LogP contribution is -2.37. The van der Waals surface area contributed by atoms with Crippen LogP contribution < -0.4 is 5.32 Å². The summed E-state index contributed by atoms with van der Waals surface area (Å²) in [6.45, 7) is 1.57. The third-order valence-corrected chi connectivity index (χ3v) is 2.63. The van der Waals surface area contributed by atoms with Gasteiger partial charge in [-0.1, -0.05) is 18.5 Å². The summed E-state index contributed by atoms with van der Waals surface area (Å²) < 4.78 is 0. The number of carbonyl (C=O) groups is 1. The Balaban J connectivity index is 2.97. The normalized spacial score (nSPS) is 11.9. The molecule has 1 unspecified atom stereocenters. The van der Waals surface area contributed by atoms with Gasteiger partial charge in [-0.15, -0.1) is 0 Å². The van der Waals surface area contributed by atoms with E-state index in [9.17, 15) is 14.9 Å². The van der Waals surface area contributed by atoms with Crippen LogP contribution in [-0.4, -0.2) is 33.6 Å². The molecule has 18 heavy (non-hydrogen) atoms. The van der Waals surface area contributed by atoms with Crippen LogP contribution in [0.4, 0.5) is 5.69 Å². The van der Waals surface area contributed by atoms with Crippen molar-refractivity contribution in [3.63, 3.8) is 0 Å². The van der Waals surface area contributed by atoms with E-state index in [0.717, 1.165) is 12.3 Å². The van der Waals surface area contributed by atoms with Gasteiger partial charge in [0, 0.05) is 6.07 Å². The Morgan fingerprint density at radius 3 is 2.89 bits per heavy atom. The van der Waals surface area contributed by atoms with E-state index < -0.39 is 16.9 Å². The summed E-state index contributed by atoms with van der Waals surface area (Å²) >= 11 is 5.71. The average Bonchev–Trinajstić information content (AvgIpc) is 2.35. The molecule has 1 aromatic rings. The number of halogens is 1. The molecule has 0 bridgehead atoms. The molecule has 0 aromatic carbocycles. The number of nitro groups is 1.